The van der Waals surface area contributed by atoms with Gasteiger partial charge in [0.2, 0.25) is 0 Å². The van der Waals surface area contributed by atoms with Crippen molar-refractivity contribution in [3.05, 3.63) is 36.7 Å². The zero-order valence-corrected chi connectivity index (χ0v) is 8.53. The van der Waals surface area contributed by atoms with Gasteiger partial charge in [-0.05, 0) is 24.5 Å². The lowest BCUT2D eigenvalue weighted by Crippen LogP contribution is -1.91. The lowest BCUT2D eigenvalue weighted by atomic mass is 10.3. The molecule has 0 bridgehead atoms. The average molecular weight is 203 g/mol. The Balaban J connectivity index is 2.42. The summed E-state index contributed by atoms with van der Waals surface area (Å²) in [6, 6.07) is 7.59. The molecule has 0 aliphatic rings. The lowest BCUT2D eigenvalue weighted by molar-refractivity contribution is 1.04. The van der Waals surface area contributed by atoms with E-state index in [-0.39, 0.29) is 0 Å². The summed E-state index contributed by atoms with van der Waals surface area (Å²) in [7, 11) is 0. The molecular weight excluding hydrogens is 194 g/mol. The van der Waals surface area contributed by atoms with Crippen LogP contribution < -0.4 is 0 Å². The zero-order chi connectivity index (χ0) is 9.80. The molecule has 0 N–H and O–H groups in total. The van der Waals surface area contributed by atoms with Crippen LogP contribution in [0.4, 0.5) is 0 Å². The van der Waals surface area contributed by atoms with Gasteiger partial charge in [-0.15, -0.1) is 11.8 Å². The minimum atomic E-state index is 0.678. The summed E-state index contributed by atoms with van der Waals surface area (Å²) in [5.41, 5.74) is 0.809. The van der Waals surface area contributed by atoms with Gasteiger partial charge in [0.1, 0.15) is 5.69 Å². The highest BCUT2D eigenvalue weighted by Gasteiger charge is 2.01. The molecule has 0 unspecified atom stereocenters. The Kier molecular flexibility index (Phi) is 2.74. The third kappa shape index (κ3) is 1.90. The molecule has 2 rings (SSSR count). The van der Waals surface area contributed by atoms with Crippen LogP contribution in [-0.4, -0.2) is 21.2 Å². The Morgan fingerprint density at radius 3 is 2.71 bits per heavy atom. The first kappa shape index (κ1) is 9.15. The molecule has 14 heavy (non-hydrogen) atoms. The summed E-state index contributed by atoms with van der Waals surface area (Å²) >= 11 is 1.60. The molecule has 0 radical (unpaired) electrons. The second kappa shape index (κ2) is 4.19. The van der Waals surface area contributed by atoms with Gasteiger partial charge in [0, 0.05) is 12.4 Å². The van der Waals surface area contributed by atoms with Crippen LogP contribution >= 0.6 is 11.8 Å². The minimum Gasteiger partial charge on any atom is -0.253 e. The van der Waals surface area contributed by atoms with Crippen LogP contribution in [0.1, 0.15) is 0 Å². The maximum absolute atomic E-state index is 4.35. The van der Waals surface area contributed by atoms with E-state index in [9.17, 15) is 0 Å². The van der Waals surface area contributed by atoms with Gasteiger partial charge in [-0.25, -0.2) is 9.97 Å². The molecule has 2 heterocycles. The molecule has 0 saturated carbocycles. The molecule has 0 amide bonds. The van der Waals surface area contributed by atoms with Crippen molar-refractivity contribution in [2.45, 2.75) is 5.03 Å². The van der Waals surface area contributed by atoms with Crippen LogP contribution in [0, 0.1) is 0 Å². The van der Waals surface area contributed by atoms with Crippen molar-refractivity contribution in [1.82, 2.24) is 15.0 Å². The predicted octanol–water partition coefficient (Wildman–Crippen LogP) is 2.26. The molecule has 0 aliphatic carbocycles. The first-order valence-corrected chi connectivity index (χ1v) is 5.41. The van der Waals surface area contributed by atoms with Crippen LogP contribution in [0.15, 0.2) is 41.7 Å². The van der Waals surface area contributed by atoms with Crippen molar-refractivity contribution in [2.75, 3.05) is 6.26 Å². The molecule has 2 aromatic heterocycles. The second-order valence-electron chi connectivity index (χ2n) is 2.64. The lowest BCUT2D eigenvalue weighted by Gasteiger charge is -1.99. The third-order valence-corrected chi connectivity index (χ3v) is 2.38. The van der Waals surface area contributed by atoms with Crippen LogP contribution in [0.5, 0.6) is 0 Å². The van der Waals surface area contributed by atoms with Gasteiger partial charge in [-0.1, -0.05) is 6.07 Å². The minimum absolute atomic E-state index is 0.678. The normalized spacial score (nSPS) is 10.1. The predicted molar refractivity (Wildman–Crippen MR) is 57.0 cm³/mol. The zero-order valence-electron chi connectivity index (χ0n) is 7.71. The van der Waals surface area contributed by atoms with E-state index in [0.717, 1.165) is 10.7 Å². The highest BCUT2D eigenvalue weighted by Crippen LogP contribution is 2.15. The van der Waals surface area contributed by atoms with Gasteiger partial charge < -0.3 is 0 Å². The number of rotatable bonds is 2. The van der Waals surface area contributed by atoms with Crippen LogP contribution in [0.2, 0.25) is 0 Å². The fraction of sp³-hybridized carbons (Fsp3) is 0.100. The Hall–Kier alpha value is -1.42. The molecule has 70 valence electrons. The molecule has 0 saturated heterocycles. The number of hydrogen-bond donors (Lipinski definition) is 0. The van der Waals surface area contributed by atoms with Crippen molar-refractivity contribution in [3.63, 3.8) is 0 Å². The first-order chi connectivity index (χ1) is 6.90. The number of nitrogens with zero attached hydrogens (tertiary/aromatic N) is 3. The highest BCUT2D eigenvalue weighted by molar-refractivity contribution is 7.98. The Morgan fingerprint density at radius 1 is 1.07 bits per heavy atom. The van der Waals surface area contributed by atoms with Crippen molar-refractivity contribution in [3.8, 4) is 11.5 Å². The van der Waals surface area contributed by atoms with Crippen molar-refractivity contribution < 1.29 is 0 Å². The summed E-state index contributed by atoms with van der Waals surface area (Å²) in [6.07, 6.45) is 5.48. The highest BCUT2D eigenvalue weighted by atomic mass is 32.2. The first-order valence-electron chi connectivity index (χ1n) is 4.18. The molecule has 0 atom stereocenters. The van der Waals surface area contributed by atoms with Gasteiger partial charge >= 0.3 is 0 Å². The molecule has 0 aliphatic heterocycles. The van der Waals surface area contributed by atoms with Crippen LogP contribution in [0.3, 0.4) is 0 Å². The fourth-order valence-electron chi connectivity index (χ4n) is 1.07. The SMILES string of the molecule is CSc1ccnc(-c2ccccn2)n1. The Bertz CT molecular complexity index is 417. The van der Waals surface area contributed by atoms with Crippen molar-refractivity contribution in [1.29, 1.82) is 0 Å². The molecule has 4 heteroatoms. The van der Waals surface area contributed by atoms with E-state index in [4.69, 9.17) is 0 Å². The maximum Gasteiger partial charge on any atom is 0.179 e. The van der Waals surface area contributed by atoms with Gasteiger partial charge in [0.05, 0.1) is 5.03 Å². The van der Waals surface area contributed by atoms with Crippen molar-refractivity contribution in [2.24, 2.45) is 0 Å². The van der Waals surface area contributed by atoms with Gasteiger partial charge in [0.25, 0.3) is 0 Å². The third-order valence-electron chi connectivity index (χ3n) is 1.73. The molecule has 2 aromatic rings. The van der Waals surface area contributed by atoms with Crippen LogP contribution in [-0.2, 0) is 0 Å². The summed E-state index contributed by atoms with van der Waals surface area (Å²) in [6.45, 7) is 0. The quantitative estimate of drug-likeness (QED) is 0.554. The molecule has 3 nitrogen and oxygen atoms in total. The number of thioether (sulfide) groups is 1. The van der Waals surface area contributed by atoms with E-state index in [1.165, 1.54) is 0 Å². The smallest absolute Gasteiger partial charge is 0.179 e. The second-order valence-corrected chi connectivity index (χ2v) is 3.46. The molecule has 0 spiro atoms. The van der Waals surface area contributed by atoms with Crippen molar-refractivity contribution >= 4 is 11.8 Å². The van der Waals surface area contributed by atoms with Crippen LogP contribution in [0.25, 0.3) is 11.5 Å². The standard InChI is InChI=1S/C10H9N3S/c1-14-9-5-7-12-10(13-9)8-4-2-3-6-11-8/h2-7H,1H3. The Morgan fingerprint density at radius 2 is 2.00 bits per heavy atom. The average Bonchev–Trinajstić information content (AvgIpc) is 2.30. The summed E-state index contributed by atoms with van der Waals surface area (Å²) in [5.74, 6) is 0.678. The maximum atomic E-state index is 4.35. The molecular formula is C10H9N3S. The largest absolute Gasteiger partial charge is 0.253 e. The number of pyridine rings is 1. The summed E-state index contributed by atoms with van der Waals surface area (Å²) < 4.78 is 0. The number of aromatic nitrogens is 3. The molecule has 0 aromatic carbocycles. The van der Waals surface area contributed by atoms with E-state index in [2.05, 4.69) is 15.0 Å². The van der Waals surface area contributed by atoms with E-state index in [1.54, 1.807) is 24.2 Å². The van der Waals surface area contributed by atoms with E-state index < -0.39 is 0 Å². The van der Waals surface area contributed by atoms with Gasteiger partial charge in [0.15, 0.2) is 5.82 Å². The fourth-order valence-corrected chi connectivity index (χ4v) is 1.45. The Labute approximate surface area is 86.6 Å². The van der Waals surface area contributed by atoms with E-state index in [1.807, 2.05) is 30.5 Å². The summed E-state index contributed by atoms with van der Waals surface area (Å²) in [5, 5.41) is 0.959. The summed E-state index contributed by atoms with van der Waals surface area (Å²) in [4.78, 5) is 12.7. The van der Waals surface area contributed by atoms with Gasteiger partial charge in [-0.3, -0.25) is 4.98 Å². The molecule has 0 fully saturated rings. The monoisotopic (exact) mass is 203 g/mol. The van der Waals surface area contributed by atoms with Gasteiger partial charge in [-0.2, -0.15) is 0 Å². The van der Waals surface area contributed by atoms with E-state index >= 15 is 0 Å². The number of hydrogen-bond acceptors (Lipinski definition) is 4. The topological polar surface area (TPSA) is 38.7 Å². The van der Waals surface area contributed by atoms with E-state index in [0.29, 0.717) is 5.82 Å².